The van der Waals surface area contributed by atoms with Crippen molar-refractivity contribution in [2.75, 3.05) is 5.75 Å². The van der Waals surface area contributed by atoms with Gasteiger partial charge in [0.05, 0.1) is 30.2 Å². The monoisotopic (exact) mass is 947 g/mol. The molecule has 4 N–H and O–H groups in total. The van der Waals surface area contributed by atoms with Gasteiger partial charge in [0.2, 0.25) is 0 Å². The van der Waals surface area contributed by atoms with Crippen LogP contribution in [0.2, 0.25) is 0 Å². The third-order valence-electron chi connectivity index (χ3n) is 21.9. The lowest BCUT2D eigenvalue weighted by Gasteiger charge is -2.62. The second-order valence-corrected chi connectivity index (χ2v) is 27.9. The summed E-state index contributed by atoms with van der Waals surface area (Å²) < 4.78 is 2.37. The van der Waals surface area contributed by atoms with Crippen molar-refractivity contribution in [2.24, 2.45) is 69.0 Å². The molecule has 1 aromatic carbocycles. The molecule has 9 heteroatoms. The lowest BCUT2D eigenvalue weighted by atomic mass is 9.43. The maximum Gasteiger partial charge on any atom is 0.159 e. The first kappa shape index (κ1) is 46.0. The van der Waals surface area contributed by atoms with Gasteiger partial charge < -0.3 is 25.0 Å². The van der Waals surface area contributed by atoms with Gasteiger partial charge in [-0.2, -0.15) is 0 Å². The van der Waals surface area contributed by atoms with Crippen molar-refractivity contribution in [1.82, 2.24) is 9.55 Å². The Balaban J connectivity index is 1.04. The van der Waals surface area contributed by atoms with E-state index in [1.807, 2.05) is 40.2 Å². The van der Waals surface area contributed by atoms with Crippen LogP contribution in [0.1, 0.15) is 155 Å². The fraction of sp³-hybridized carbons (Fsp3) is 0.724. The van der Waals surface area contributed by atoms with E-state index in [0.717, 1.165) is 62.7 Å². The van der Waals surface area contributed by atoms with Crippen molar-refractivity contribution in [3.05, 3.63) is 88.6 Å². The average Bonchev–Trinajstić information content (AvgIpc) is 4.07. The van der Waals surface area contributed by atoms with Crippen LogP contribution in [0.3, 0.4) is 0 Å². The molecule has 12 rings (SSSR count). The second-order valence-electron chi connectivity index (χ2n) is 25.3. The van der Waals surface area contributed by atoms with E-state index >= 15 is 0 Å². The summed E-state index contributed by atoms with van der Waals surface area (Å²) in [5, 5.41) is 50.9. The molecule has 1 aromatic heterocycles. The molecule has 0 unspecified atom stereocenters. The summed E-state index contributed by atoms with van der Waals surface area (Å²) in [5.74, 6) is 1.45. The first-order valence-electron chi connectivity index (χ1n) is 27.0. The molecule has 362 valence electrons. The molecule has 10 aliphatic rings. The Labute approximate surface area is 408 Å². The van der Waals surface area contributed by atoms with E-state index < -0.39 is 34.7 Å². The fourth-order valence-electron chi connectivity index (χ4n) is 19.1. The fourth-order valence-corrected chi connectivity index (χ4v) is 22.4. The highest BCUT2D eigenvalue weighted by Crippen LogP contribution is 2.74. The average molecular weight is 947 g/mol. The van der Waals surface area contributed by atoms with Crippen LogP contribution < -0.4 is 0 Å². The number of aromatic nitrogens is 2. The molecule has 1 spiro atoms. The Hall–Kier alpha value is -2.14. The van der Waals surface area contributed by atoms with Gasteiger partial charge in [0.25, 0.3) is 0 Å². The normalized spacial score (nSPS) is 45.4. The number of fused-ring (bicyclic) bond motifs is 14. The lowest BCUT2D eigenvalue weighted by Crippen LogP contribution is -2.63. The van der Waals surface area contributed by atoms with Gasteiger partial charge in [-0.15, -0.1) is 0 Å². The Morgan fingerprint density at radius 1 is 0.836 bits per heavy atom. The van der Waals surface area contributed by atoms with Crippen molar-refractivity contribution >= 4 is 27.4 Å². The van der Waals surface area contributed by atoms with Gasteiger partial charge >= 0.3 is 0 Å². The van der Waals surface area contributed by atoms with Crippen molar-refractivity contribution < 1.29 is 25.2 Å². The molecule has 0 radical (unpaired) electrons. The molecule has 7 nitrogen and oxygen atoms in total. The number of nitrogens with zero attached hydrogens (tertiary/aromatic N) is 2. The third kappa shape index (κ3) is 6.85. The highest BCUT2D eigenvalue weighted by molar-refractivity contribution is 8.76. The largest absolute Gasteiger partial charge is 0.392 e. The predicted octanol–water partition coefficient (Wildman–Crippen LogP) is 11.4. The number of hydrogen-bond donors (Lipinski definition) is 4. The van der Waals surface area contributed by atoms with Gasteiger partial charge in [-0.25, -0.2) is 4.98 Å². The SMILES string of the molecule is CC1(C)C[C@@H](n2ccnc2)CSS[C@H](CCc2ccccc2)[C@H]2C[C@H]([C@@H]3C[C@@H]4CCCC5=C4[C@H](C1=C1CCCC4(CCCC4)[C@@H]51)[C@H]3O)[C@@]1(C)CC[C@H]3C(=CC(=O)[C@@H]4C[C@@H](O)[C@@H](O)C[C@@]43C)[C@]21O. The van der Waals surface area contributed by atoms with E-state index in [1.54, 1.807) is 22.3 Å². The third-order valence-corrected chi connectivity index (χ3v) is 24.9. The van der Waals surface area contributed by atoms with Gasteiger partial charge in [-0.3, -0.25) is 4.79 Å². The number of allylic oxidation sites excluding steroid dienone is 3. The van der Waals surface area contributed by atoms with Gasteiger partial charge in [0.1, 0.15) is 0 Å². The Bertz CT molecular complexity index is 2330. The molecule has 0 amide bonds. The van der Waals surface area contributed by atoms with Crippen molar-refractivity contribution in [2.45, 2.75) is 185 Å². The molecule has 2 aromatic rings. The van der Waals surface area contributed by atoms with Crippen LogP contribution in [0, 0.1) is 69.0 Å². The Kier molecular flexibility index (Phi) is 11.5. The summed E-state index contributed by atoms with van der Waals surface area (Å²) >= 11 is 0. The van der Waals surface area contributed by atoms with E-state index in [2.05, 4.69) is 73.8 Å². The minimum Gasteiger partial charge on any atom is -0.392 e. The standard InChI is InChI=1S/C58H78N2O5S2/c1-54(2)30-36(60-25-24-59-33-60)32-66-67-48(18-17-34-12-6-5-7-13-34)44-27-41(56(4)23-19-40-42(58(44,56)65)28-45(61)43-29-46(62)47(63)31-55(40,43)3)39-26-35-14-10-15-37-49(35)50(53(39)64)52(54)38-16-11-22-57(51(37)38)20-8-9-21-57/h5-7,12-13,24-25,28,33,35-36,39-41,43-44,46-48,50-51,53,62-65H,8-11,14-23,26-27,29-32H2,1-4H3/t35-,36+,39-,40-,41+,43-,44+,46+,47-,48+,50+,51-,53-,55+,56+,58-/m0/s1. The van der Waals surface area contributed by atoms with Crippen molar-refractivity contribution in [3.63, 3.8) is 0 Å². The highest BCUT2D eigenvalue weighted by Gasteiger charge is 2.72. The summed E-state index contributed by atoms with van der Waals surface area (Å²) in [6.45, 7) is 9.67. The number of carbonyl (C=O) groups is 1. The Morgan fingerprint density at radius 3 is 2.39 bits per heavy atom. The number of rotatable bonds is 4. The highest BCUT2D eigenvalue weighted by atomic mass is 33.1. The van der Waals surface area contributed by atoms with Crippen LogP contribution in [0.5, 0.6) is 0 Å². The minimum absolute atomic E-state index is 0.0107. The van der Waals surface area contributed by atoms with E-state index in [0.29, 0.717) is 23.7 Å². The number of aliphatic hydroxyl groups is 4. The predicted molar refractivity (Wildman–Crippen MR) is 269 cm³/mol. The number of aliphatic hydroxyl groups excluding tert-OH is 3. The summed E-state index contributed by atoms with van der Waals surface area (Å²) in [6, 6.07) is 11.0. The zero-order valence-corrected chi connectivity index (χ0v) is 42.4. The maximum absolute atomic E-state index is 14.7. The van der Waals surface area contributed by atoms with Gasteiger partial charge in [-0.1, -0.05) is 115 Å². The van der Waals surface area contributed by atoms with E-state index in [4.69, 9.17) is 0 Å². The molecular weight excluding hydrogens is 869 g/mol. The van der Waals surface area contributed by atoms with Crippen molar-refractivity contribution in [3.8, 4) is 0 Å². The van der Waals surface area contributed by atoms with Crippen LogP contribution in [0.4, 0.5) is 0 Å². The second kappa shape index (κ2) is 16.7. The summed E-state index contributed by atoms with van der Waals surface area (Å²) in [6.07, 6.45) is 25.4. The van der Waals surface area contributed by atoms with Crippen LogP contribution in [0.15, 0.2) is 83.0 Å². The number of ketones is 1. The summed E-state index contributed by atoms with van der Waals surface area (Å²) in [7, 11) is 3.97. The van der Waals surface area contributed by atoms with Gasteiger partial charge in [0, 0.05) is 58.5 Å². The molecule has 6 saturated carbocycles. The summed E-state index contributed by atoms with van der Waals surface area (Å²) in [4.78, 5) is 19.3. The van der Waals surface area contributed by atoms with Crippen molar-refractivity contribution in [1.29, 1.82) is 0 Å². The number of carbonyl (C=O) groups excluding carboxylic acids is 1. The minimum atomic E-state index is -1.27. The Morgan fingerprint density at radius 2 is 1.61 bits per heavy atom. The van der Waals surface area contributed by atoms with Crippen LogP contribution in [-0.2, 0) is 11.2 Å². The topological polar surface area (TPSA) is 116 Å². The molecule has 16 atom stereocenters. The lowest BCUT2D eigenvalue weighted by molar-refractivity contribution is -0.161. The van der Waals surface area contributed by atoms with E-state index in [-0.39, 0.29) is 64.4 Å². The van der Waals surface area contributed by atoms with Crippen LogP contribution in [-0.4, -0.2) is 70.7 Å². The molecular formula is C58H78N2O5S2. The molecule has 7 fully saturated rings. The molecule has 2 heterocycles. The number of benzene rings is 1. The maximum atomic E-state index is 14.7. The smallest absolute Gasteiger partial charge is 0.159 e. The zero-order chi connectivity index (χ0) is 46.3. The molecule has 4 bridgehead atoms. The van der Waals surface area contributed by atoms with Gasteiger partial charge in [0.15, 0.2) is 5.78 Å². The van der Waals surface area contributed by atoms with Gasteiger partial charge in [-0.05, 0) is 166 Å². The molecule has 9 aliphatic carbocycles. The quantitative estimate of drug-likeness (QED) is 0.177. The zero-order valence-electron chi connectivity index (χ0n) is 40.8. The van der Waals surface area contributed by atoms with E-state index in [9.17, 15) is 25.2 Å². The molecule has 1 aliphatic heterocycles. The number of imidazole rings is 1. The van der Waals surface area contributed by atoms with Crippen LogP contribution >= 0.6 is 21.6 Å². The van der Waals surface area contributed by atoms with E-state index in [1.165, 1.54) is 63.4 Å². The number of aryl methyl sites for hydroxylation is 1. The summed E-state index contributed by atoms with van der Waals surface area (Å²) in [5.41, 5.74) is 6.79. The number of hydrogen-bond acceptors (Lipinski definition) is 8. The first-order valence-corrected chi connectivity index (χ1v) is 29.3. The van der Waals surface area contributed by atoms with Crippen LogP contribution in [0.25, 0.3) is 0 Å². The first-order chi connectivity index (χ1) is 32.2. The molecule has 67 heavy (non-hydrogen) atoms. The molecule has 1 saturated heterocycles.